The quantitative estimate of drug-likeness (QED) is 0.227. The summed E-state index contributed by atoms with van der Waals surface area (Å²) in [6, 6.07) is 4.56. The first kappa shape index (κ1) is 14.1. The number of carbonyl (C=O) groups excluding carboxylic acids is 1. The average molecular weight is 596 g/mol. The molecule has 2 aliphatic rings. The maximum Gasteiger partial charge on any atom is 0.208 e. The van der Waals surface area contributed by atoms with Crippen LogP contribution in [0.1, 0.15) is 11.1 Å². The van der Waals surface area contributed by atoms with E-state index in [0.717, 1.165) is 13.0 Å². The van der Waals surface area contributed by atoms with E-state index in [1.807, 2.05) is 22.6 Å². The largest absolute Gasteiger partial charge is 0.410 e. The SMILES string of the molecule is O=C(I)C1Cc2cc(I)c(I)cc2CN1[S-]1=CC=1. The molecule has 1 unspecified atom stereocenters. The van der Waals surface area contributed by atoms with Crippen LogP contribution in [0, 0.1) is 7.14 Å². The van der Waals surface area contributed by atoms with Gasteiger partial charge in [0.25, 0.3) is 0 Å². The lowest BCUT2D eigenvalue weighted by molar-refractivity contribution is -0.112. The summed E-state index contributed by atoms with van der Waals surface area (Å²) in [5.41, 5.74) is 2.73. The Hall–Kier alpha value is 1.13. The van der Waals surface area contributed by atoms with Crippen molar-refractivity contribution >= 4 is 92.6 Å². The van der Waals surface area contributed by atoms with Crippen molar-refractivity contribution in [3.05, 3.63) is 30.4 Å². The highest BCUT2D eigenvalue weighted by Crippen LogP contribution is 2.29. The van der Waals surface area contributed by atoms with Crippen molar-refractivity contribution in [1.82, 2.24) is 4.31 Å². The number of halogens is 3. The van der Waals surface area contributed by atoms with Gasteiger partial charge in [0.15, 0.2) is 0 Å². The van der Waals surface area contributed by atoms with Crippen LogP contribution in [0.3, 0.4) is 0 Å². The first-order chi connectivity index (χ1) is 8.56. The number of benzene rings is 1. The van der Waals surface area contributed by atoms with Crippen molar-refractivity contribution in [1.29, 1.82) is 0 Å². The average Bonchev–Trinajstić information content (AvgIpc) is 3.13. The van der Waals surface area contributed by atoms with Crippen molar-refractivity contribution in [2.75, 3.05) is 0 Å². The van der Waals surface area contributed by atoms with Crippen molar-refractivity contribution < 1.29 is 4.79 Å². The Morgan fingerprint density at radius 2 is 1.83 bits per heavy atom. The third kappa shape index (κ3) is 2.77. The molecule has 6 heteroatoms. The van der Waals surface area contributed by atoms with E-state index in [0.29, 0.717) is 0 Å². The normalized spacial score (nSPS) is 22.9. The number of carbonyl (C=O) groups is 1. The molecule has 0 saturated carbocycles. The first-order valence-corrected chi connectivity index (χ1v) is 9.94. The van der Waals surface area contributed by atoms with Gasteiger partial charge in [0.05, 0.1) is 6.04 Å². The van der Waals surface area contributed by atoms with Gasteiger partial charge in [0.2, 0.25) is 3.79 Å². The number of hydrogen-bond donors (Lipinski definition) is 0. The molecule has 0 saturated heterocycles. The second-order valence-corrected chi connectivity index (χ2v) is 9.35. The lowest BCUT2D eigenvalue weighted by Gasteiger charge is -2.40. The van der Waals surface area contributed by atoms with E-state index in [9.17, 15) is 4.79 Å². The van der Waals surface area contributed by atoms with Crippen LogP contribution in [0.2, 0.25) is 0 Å². The third-order valence-corrected chi connectivity index (χ3v) is 8.10. The molecule has 0 aliphatic carbocycles. The van der Waals surface area contributed by atoms with E-state index in [1.54, 1.807) is 0 Å². The van der Waals surface area contributed by atoms with Gasteiger partial charge in [-0.3, -0.25) is 4.79 Å². The van der Waals surface area contributed by atoms with E-state index in [4.69, 9.17) is 0 Å². The van der Waals surface area contributed by atoms with Crippen LogP contribution in [0.5, 0.6) is 0 Å². The summed E-state index contributed by atoms with van der Waals surface area (Å²) in [5.74, 6) is 0. The lowest BCUT2D eigenvalue weighted by Crippen LogP contribution is -2.41. The van der Waals surface area contributed by atoms with Crippen LogP contribution < -0.4 is 0 Å². The van der Waals surface area contributed by atoms with E-state index in [1.165, 1.54) is 18.3 Å². The molecule has 1 aromatic rings. The van der Waals surface area contributed by atoms with E-state index in [2.05, 4.69) is 72.4 Å². The smallest absolute Gasteiger partial charge is 0.208 e. The van der Waals surface area contributed by atoms with Crippen molar-refractivity contribution in [3.63, 3.8) is 0 Å². The Labute approximate surface area is 149 Å². The molecule has 0 aromatic heterocycles. The van der Waals surface area contributed by atoms with Gasteiger partial charge in [-0.1, -0.05) is 0 Å². The van der Waals surface area contributed by atoms with Gasteiger partial charge >= 0.3 is 0 Å². The minimum Gasteiger partial charge on any atom is -0.410 e. The summed E-state index contributed by atoms with van der Waals surface area (Å²) in [6.45, 7) is 0.901. The molecule has 0 bridgehead atoms. The van der Waals surface area contributed by atoms with Crippen molar-refractivity contribution in [3.8, 4) is 0 Å². The second-order valence-electron chi connectivity index (χ2n) is 4.25. The van der Waals surface area contributed by atoms with Crippen LogP contribution >= 0.6 is 67.8 Å². The van der Waals surface area contributed by atoms with Crippen LogP contribution in [-0.4, -0.2) is 24.9 Å². The monoisotopic (exact) mass is 596 g/mol. The highest BCUT2D eigenvalue weighted by molar-refractivity contribution is 14.1. The Bertz CT molecular complexity index is 624. The summed E-state index contributed by atoms with van der Waals surface area (Å²) < 4.78 is 5.18. The standard InChI is InChI=1S/C12H9I3NOS/c13-9-3-7-5-11(12(15)17)16(18-1-2-18)6-8(7)4-10(9)14/h1-4,11H,5-6H2/q-1. The molecule has 0 fully saturated rings. The van der Waals surface area contributed by atoms with Crippen LogP contribution in [-0.2, 0) is 28.0 Å². The van der Waals surface area contributed by atoms with Gasteiger partial charge < -0.3 is 14.6 Å². The third-order valence-electron chi connectivity index (χ3n) is 3.12. The van der Waals surface area contributed by atoms with Gasteiger partial charge in [-0.2, -0.15) is 0 Å². The maximum atomic E-state index is 11.8. The summed E-state index contributed by atoms with van der Waals surface area (Å²) in [7, 11) is 0.131. The predicted octanol–water partition coefficient (Wildman–Crippen LogP) is 2.74. The van der Waals surface area contributed by atoms with Gasteiger partial charge in [0.1, 0.15) is 0 Å². The van der Waals surface area contributed by atoms with Crippen LogP contribution in [0.4, 0.5) is 0 Å². The van der Waals surface area contributed by atoms with Gasteiger partial charge in [0, 0.05) is 36.3 Å². The molecule has 0 N–H and O–H groups in total. The minimum atomic E-state index is 0.0484. The highest BCUT2D eigenvalue weighted by atomic mass is 127. The van der Waals surface area contributed by atoms with Crippen LogP contribution in [0.25, 0.3) is 0 Å². The van der Waals surface area contributed by atoms with Crippen molar-refractivity contribution in [2.24, 2.45) is 0 Å². The van der Waals surface area contributed by atoms with Crippen LogP contribution in [0.15, 0.2) is 12.1 Å². The predicted molar refractivity (Wildman–Crippen MR) is 103 cm³/mol. The van der Waals surface area contributed by atoms with Crippen molar-refractivity contribution in [2.45, 2.75) is 19.0 Å². The fraction of sp³-hybridized carbons (Fsp3) is 0.250. The fourth-order valence-electron chi connectivity index (χ4n) is 2.15. The Morgan fingerprint density at radius 3 is 2.39 bits per heavy atom. The molecule has 2 heterocycles. The summed E-state index contributed by atoms with van der Waals surface area (Å²) >= 11 is 6.69. The summed E-state index contributed by atoms with van der Waals surface area (Å²) in [6.07, 6.45) is 0.856. The molecular weight excluding hydrogens is 587 g/mol. The van der Waals surface area contributed by atoms with E-state index < -0.39 is 0 Å². The Kier molecular flexibility index (Phi) is 4.30. The second kappa shape index (κ2) is 5.49. The molecule has 3 rings (SSSR count). The van der Waals surface area contributed by atoms with Gasteiger partial charge in [-0.25, -0.2) is 10.7 Å². The Balaban J connectivity index is 2.03. The molecule has 96 valence electrons. The summed E-state index contributed by atoms with van der Waals surface area (Å²) in [5, 5.41) is 4.38. The number of nitrogens with zero attached hydrogens (tertiary/aromatic N) is 1. The van der Waals surface area contributed by atoms with E-state index in [-0.39, 0.29) is 20.1 Å². The lowest BCUT2D eigenvalue weighted by atomic mass is 9.96. The Morgan fingerprint density at radius 1 is 1.22 bits per heavy atom. The number of fused-ring (bicyclic) bond motifs is 1. The molecule has 2 nitrogen and oxygen atoms in total. The molecule has 1 atom stereocenters. The maximum absolute atomic E-state index is 11.8. The molecule has 0 radical (unpaired) electrons. The number of hydrogen-bond acceptors (Lipinski definition) is 3. The van der Waals surface area contributed by atoms with Gasteiger partial charge in [-0.15, -0.1) is 0 Å². The molecule has 0 spiro atoms. The molecule has 1 aromatic carbocycles. The zero-order valence-corrected chi connectivity index (χ0v) is 16.5. The zero-order chi connectivity index (χ0) is 12.9. The zero-order valence-electron chi connectivity index (χ0n) is 9.20. The molecule has 2 aliphatic heterocycles. The van der Waals surface area contributed by atoms with Gasteiger partial charge in [-0.05, 0) is 74.9 Å². The molecule has 0 amide bonds. The number of rotatable bonds is 2. The fourth-order valence-corrected chi connectivity index (χ4v) is 5.22. The molecular formula is C12H9I3NOS-. The first-order valence-electron chi connectivity index (χ1n) is 5.39. The topological polar surface area (TPSA) is 20.3 Å². The minimum absolute atomic E-state index is 0.0484. The van der Waals surface area contributed by atoms with E-state index >= 15 is 0 Å². The molecule has 18 heavy (non-hydrogen) atoms. The summed E-state index contributed by atoms with van der Waals surface area (Å²) in [4.78, 5) is 11.8. The highest BCUT2D eigenvalue weighted by Gasteiger charge is 2.27.